The Bertz CT molecular complexity index is 1590. The van der Waals surface area contributed by atoms with Gasteiger partial charge in [-0.05, 0) is 41.8 Å². The van der Waals surface area contributed by atoms with Gasteiger partial charge in [0.25, 0.3) is 5.91 Å². The molecule has 6 nitrogen and oxygen atoms in total. The summed E-state index contributed by atoms with van der Waals surface area (Å²) in [6.45, 7) is 2.62. The highest BCUT2D eigenvalue weighted by molar-refractivity contribution is 7.21. The number of anilines is 1. The Hall–Kier alpha value is -4.36. The Morgan fingerprint density at radius 3 is 2.56 bits per heavy atom. The molecule has 1 aliphatic rings. The van der Waals surface area contributed by atoms with Crippen LogP contribution < -0.4 is 20.5 Å². The van der Waals surface area contributed by atoms with E-state index in [9.17, 15) is 4.79 Å². The third-order valence-electron chi connectivity index (χ3n) is 6.23. The average molecular weight is 494 g/mol. The van der Waals surface area contributed by atoms with Crippen molar-refractivity contribution < 1.29 is 14.3 Å². The molecule has 0 saturated heterocycles. The van der Waals surface area contributed by atoms with Crippen molar-refractivity contribution in [1.82, 2.24) is 10.3 Å². The summed E-state index contributed by atoms with van der Waals surface area (Å²) in [5.74, 6) is 1.16. The monoisotopic (exact) mass is 493 g/mol. The Morgan fingerprint density at radius 2 is 1.75 bits per heavy atom. The number of carbonyl (C=O) groups excluding carboxylic acids is 1. The number of nitrogens with zero attached hydrogens (tertiary/aromatic N) is 1. The van der Waals surface area contributed by atoms with E-state index in [4.69, 9.17) is 20.2 Å². The molecule has 3 aromatic carbocycles. The fourth-order valence-corrected chi connectivity index (χ4v) is 5.36. The molecule has 3 N–H and O–H groups in total. The topological polar surface area (TPSA) is 86.5 Å². The molecule has 3 heterocycles. The molecule has 0 saturated carbocycles. The molecule has 0 fully saturated rings. The van der Waals surface area contributed by atoms with Crippen molar-refractivity contribution in [3.05, 3.63) is 94.9 Å². The van der Waals surface area contributed by atoms with Gasteiger partial charge in [-0.1, -0.05) is 66.2 Å². The number of pyridine rings is 1. The number of hydrogen-bond acceptors (Lipinski definition) is 6. The summed E-state index contributed by atoms with van der Waals surface area (Å²) in [6, 6.07) is 26.0. The van der Waals surface area contributed by atoms with E-state index in [2.05, 4.69) is 42.6 Å². The third kappa shape index (κ3) is 4.03. The van der Waals surface area contributed by atoms with Crippen molar-refractivity contribution in [2.45, 2.75) is 13.5 Å². The van der Waals surface area contributed by atoms with E-state index in [1.807, 2.05) is 48.5 Å². The molecular weight excluding hydrogens is 470 g/mol. The zero-order valence-corrected chi connectivity index (χ0v) is 20.4. The van der Waals surface area contributed by atoms with Crippen LogP contribution in [0.1, 0.15) is 20.8 Å². The summed E-state index contributed by atoms with van der Waals surface area (Å²) >= 11 is 1.32. The maximum absolute atomic E-state index is 13.2. The first-order chi connectivity index (χ1) is 17.6. The van der Waals surface area contributed by atoms with Gasteiger partial charge in [0.05, 0.1) is 11.4 Å². The maximum Gasteiger partial charge on any atom is 0.263 e. The SMILES string of the molecule is Cc1ccc(-c2cc(-c3ccccc3)nc3sc(C(=O)NCc4ccc5c(c4)OCO5)c(N)c23)cc1. The standard InChI is InChI=1S/C29H23N3O3S/c1-17-7-10-19(11-8-17)21-14-22(20-5-3-2-4-6-20)32-29-25(21)26(30)27(36-29)28(33)31-15-18-9-12-23-24(13-18)35-16-34-23/h2-14H,15-16,30H2,1H3,(H,31,33). The van der Waals surface area contributed by atoms with Crippen molar-refractivity contribution in [2.24, 2.45) is 0 Å². The molecule has 0 bridgehead atoms. The molecule has 1 amide bonds. The van der Waals surface area contributed by atoms with Crippen molar-refractivity contribution >= 4 is 33.1 Å². The van der Waals surface area contributed by atoms with E-state index in [1.54, 1.807) is 0 Å². The van der Waals surface area contributed by atoms with Crippen LogP contribution in [-0.4, -0.2) is 17.7 Å². The number of benzene rings is 3. The van der Waals surface area contributed by atoms with Crippen LogP contribution in [0, 0.1) is 6.92 Å². The van der Waals surface area contributed by atoms with E-state index in [-0.39, 0.29) is 12.7 Å². The number of amides is 1. The summed E-state index contributed by atoms with van der Waals surface area (Å²) < 4.78 is 10.8. The van der Waals surface area contributed by atoms with E-state index in [0.29, 0.717) is 28.6 Å². The first-order valence-electron chi connectivity index (χ1n) is 11.6. The van der Waals surface area contributed by atoms with Crippen LogP contribution in [0.15, 0.2) is 78.9 Å². The summed E-state index contributed by atoms with van der Waals surface area (Å²) in [7, 11) is 0. The largest absolute Gasteiger partial charge is 0.454 e. The van der Waals surface area contributed by atoms with Gasteiger partial charge in [-0.15, -0.1) is 11.3 Å². The van der Waals surface area contributed by atoms with E-state index < -0.39 is 0 Å². The average Bonchev–Trinajstić information content (AvgIpc) is 3.51. The number of aryl methyl sites for hydroxylation is 1. The van der Waals surface area contributed by atoms with Gasteiger partial charge in [0.15, 0.2) is 11.5 Å². The molecule has 6 rings (SSSR count). The highest BCUT2D eigenvalue weighted by atomic mass is 32.1. The Kier molecular flexibility index (Phi) is 5.54. The summed E-state index contributed by atoms with van der Waals surface area (Å²) in [5, 5.41) is 3.79. The number of nitrogen functional groups attached to an aromatic ring is 1. The van der Waals surface area contributed by atoms with Crippen molar-refractivity contribution in [2.75, 3.05) is 12.5 Å². The summed E-state index contributed by atoms with van der Waals surface area (Å²) in [6.07, 6.45) is 0. The molecule has 36 heavy (non-hydrogen) atoms. The van der Waals surface area contributed by atoms with Crippen LogP contribution in [0.25, 0.3) is 32.6 Å². The van der Waals surface area contributed by atoms with Gasteiger partial charge in [-0.25, -0.2) is 4.98 Å². The minimum Gasteiger partial charge on any atom is -0.454 e. The van der Waals surface area contributed by atoms with Crippen molar-refractivity contribution in [1.29, 1.82) is 0 Å². The van der Waals surface area contributed by atoms with Crippen LogP contribution in [0.3, 0.4) is 0 Å². The number of nitrogens with two attached hydrogens (primary N) is 1. The fourth-order valence-electron chi connectivity index (χ4n) is 4.32. The second-order valence-corrected chi connectivity index (χ2v) is 9.68. The van der Waals surface area contributed by atoms with Crippen molar-refractivity contribution in [3.63, 3.8) is 0 Å². The number of thiophene rings is 1. The summed E-state index contributed by atoms with van der Waals surface area (Å²) in [5.41, 5.74) is 13.0. The minimum absolute atomic E-state index is 0.213. The molecular formula is C29H23N3O3S. The Morgan fingerprint density at radius 1 is 0.972 bits per heavy atom. The number of fused-ring (bicyclic) bond motifs is 2. The number of nitrogens with one attached hydrogen (secondary N) is 1. The van der Waals surface area contributed by atoms with Gasteiger partial charge in [0, 0.05) is 17.5 Å². The third-order valence-corrected chi connectivity index (χ3v) is 7.33. The van der Waals surface area contributed by atoms with Crippen molar-refractivity contribution in [3.8, 4) is 33.9 Å². The number of carbonyl (C=O) groups is 1. The highest BCUT2D eigenvalue weighted by Gasteiger charge is 2.22. The molecule has 5 aromatic rings. The Balaban J connectivity index is 1.39. The molecule has 0 spiro atoms. The first kappa shape index (κ1) is 22.1. The maximum atomic E-state index is 13.2. The van der Waals surface area contributed by atoms with E-state index in [1.165, 1.54) is 16.9 Å². The number of rotatable bonds is 5. The van der Waals surface area contributed by atoms with Gasteiger partial charge < -0.3 is 20.5 Å². The predicted molar refractivity (Wildman–Crippen MR) is 143 cm³/mol. The molecule has 0 unspecified atom stereocenters. The minimum atomic E-state index is -0.232. The molecule has 0 atom stereocenters. The van der Waals surface area contributed by atoms with Crippen LogP contribution >= 0.6 is 11.3 Å². The number of ether oxygens (including phenoxy) is 2. The van der Waals surface area contributed by atoms with Gasteiger partial charge in [0.2, 0.25) is 6.79 Å². The second kappa shape index (κ2) is 9.02. The predicted octanol–water partition coefficient (Wildman–Crippen LogP) is 6.18. The molecule has 1 aliphatic heterocycles. The lowest BCUT2D eigenvalue weighted by molar-refractivity contribution is 0.0955. The first-order valence-corrected chi connectivity index (χ1v) is 12.4. The highest BCUT2D eigenvalue weighted by Crippen LogP contribution is 2.41. The molecule has 2 aromatic heterocycles. The summed E-state index contributed by atoms with van der Waals surface area (Å²) in [4.78, 5) is 19.3. The lowest BCUT2D eigenvalue weighted by Crippen LogP contribution is -2.22. The zero-order chi connectivity index (χ0) is 24.6. The zero-order valence-electron chi connectivity index (χ0n) is 19.6. The Labute approximate surface area is 212 Å². The number of hydrogen-bond donors (Lipinski definition) is 2. The van der Waals surface area contributed by atoms with Crippen LogP contribution in [0.4, 0.5) is 5.69 Å². The molecule has 0 radical (unpaired) electrons. The van der Waals surface area contributed by atoms with Gasteiger partial charge >= 0.3 is 0 Å². The molecule has 0 aliphatic carbocycles. The quantitative estimate of drug-likeness (QED) is 0.305. The normalized spacial score (nSPS) is 12.1. The van der Waals surface area contributed by atoms with Crippen LogP contribution in [0.2, 0.25) is 0 Å². The smallest absolute Gasteiger partial charge is 0.263 e. The lowest BCUT2D eigenvalue weighted by Gasteiger charge is -2.09. The molecule has 178 valence electrons. The van der Waals surface area contributed by atoms with E-state index in [0.717, 1.165) is 38.2 Å². The fraction of sp³-hybridized carbons (Fsp3) is 0.103. The van der Waals surface area contributed by atoms with Gasteiger partial charge in [-0.3, -0.25) is 4.79 Å². The molecule has 7 heteroatoms. The van der Waals surface area contributed by atoms with Crippen LogP contribution in [0.5, 0.6) is 11.5 Å². The lowest BCUT2D eigenvalue weighted by atomic mass is 9.99. The van der Waals surface area contributed by atoms with Crippen LogP contribution in [-0.2, 0) is 6.54 Å². The second-order valence-electron chi connectivity index (χ2n) is 8.68. The number of aromatic nitrogens is 1. The van der Waals surface area contributed by atoms with Gasteiger partial charge in [0.1, 0.15) is 9.71 Å². The van der Waals surface area contributed by atoms with Gasteiger partial charge in [-0.2, -0.15) is 0 Å². The van der Waals surface area contributed by atoms with E-state index >= 15 is 0 Å².